The normalized spacial score (nSPS) is 14.5. The van der Waals surface area contributed by atoms with E-state index < -0.39 is 12.0 Å². The molecule has 31 heavy (non-hydrogen) atoms. The number of nitrogens with zero attached hydrogens (tertiary/aromatic N) is 3. The molecule has 1 fully saturated rings. The van der Waals surface area contributed by atoms with Crippen LogP contribution in [0.1, 0.15) is 24.2 Å². The van der Waals surface area contributed by atoms with Gasteiger partial charge in [-0.3, -0.25) is 4.79 Å². The Labute approximate surface area is 181 Å². The van der Waals surface area contributed by atoms with E-state index in [9.17, 15) is 14.4 Å². The van der Waals surface area contributed by atoms with Crippen LogP contribution < -0.4 is 15.5 Å². The van der Waals surface area contributed by atoms with Crippen LogP contribution in [-0.4, -0.2) is 66.6 Å². The maximum Gasteiger partial charge on any atom is 0.338 e. The van der Waals surface area contributed by atoms with Crippen LogP contribution in [-0.2, 0) is 9.53 Å². The molecule has 0 aliphatic carbocycles. The number of rotatable bonds is 6. The van der Waals surface area contributed by atoms with Crippen LogP contribution in [0.3, 0.4) is 0 Å². The molecule has 0 bridgehead atoms. The van der Waals surface area contributed by atoms with Gasteiger partial charge in [-0.1, -0.05) is 6.07 Å². The predicted octanol–water partition coefficient (Wildman–Crippen LogP) is 2.12. The van der Waals surface area contributed by atoms with Crippen LogP contribution in [0.15, 0.2) is 48.7 Å². The molecule has 2 aromatic rings. The predicted molar refractivity (Wildman–Crippen MR) is 117 cm³/mol. The van der Waals surface area contributed by atoms with Crippen molar-refractivity contribution in [3.63, 3.8) is 0 Å². The van der Waals surface area contributed by atoms with Crippen LogP contribution in [0.2, 0.25) is 0 Å². The monoisotopic (exact) mass is 425 g/mol. The van der Waals surface area contributed by atoms with Gasteiger partial charge in [-0.05, 0) is 50.2 Å². The van der Waals surface area contributed by atoms with E-state index in [0.29, 0.717) is 44.0 Å². The summed E-state index contributed by atoms with van der Waals surface area (Å²) in [4.78, 5) is 44.8. The van der Waals surface area contributed by atoms with Gasteiger partial charge in [0.2, 0.25) is 5.91 Å². The second-order valence-corrected chi connectivity index (χ2v) is 7.12. The summed E-state index contributed by atoms with van der Waals surface area (Å²) in [6, 6.07) is 11.2. The van der Waals surface area contributed by atoms with Crippen molar-refractivity contribution >= 4 is 29.4 Å². The van der Waals surface area contributed by atoms with E-state index in [0.717, 1.165) is 5.82 Å². The maximum absolute atomic E-state index is 12.5. The van der Waals surface area contributed by atoms with Gasteiger partial charge in [0, 0.05) is 38.1 Å². The molecule has 0 spiro atoms. The minimum atomic E-state index is -0.717. The molecule has 9 nitrogen and oxygen atoms in total. The van der Waals surface area contributed by atoms with Gasteiger partial charge in [0.25, 0.3) is 0 Å². The number of benzene rings is 1. The largest absolute Gasteiger partial charge is 0.462 e. The molecule has 3 amide bonds. The second-order valence-electron chi connectivity index (χ2n) is 7.12. The SMILES string of the molecule is CCOC(=O)c1ccc(NC(=O)[C@H](C)NC(=O)N2CCN(c3ccccn3)CC2)cc1. The zero-order chi connectivity index (χ0) is 22.2. The molecule has 0 radical (unpaired) electrons. The first-order valence-electron chi connectivity index (χ1n) is 10.3. The summed E-state index contributed by atoms with van der Waals surface area (Å²) in [6.45, 7) is 6.12. The quantitative estimate of drug-likeness (QED) is 0.687. The lowest BCUT2D eigenvalue weighted by molar-refractivity contribution is -0.117. The van der Waals surface area contributed by atoms with Gasteiger partial charge in [0.05, 0.1) is 12.2 Å². The second kappa shape index (κ2) is 10.4. The first-order valence-corrected chi connectivity index (χ1v) is 10.3. The maximum atomic E-state index is 12.5. The summed E-state index contributed by atoms with van der Waals surface area (Å²) in [7, 11) is 0. The first-order chi connectivity index (χ1) is 15.0. The van der Waals surface area contributed by atoms with E-state index in [-0.39, 0.29) is 11.9 Å². The van der Waals surface area contributed by atoms with Crippen molar-refractivity contribution in [1.29, 1.82) is 0 Å². The lowest BCUT2D eigenvalue weighted by atomic mass is 10.2. The number of esters is 1. The highest BCUT2D eigenvalue weighted by Gasteiger charge is 2.24. The highest BCUT2D eigenvalue weighted by Crippen LogP contribution is 2.13. The molecule has 164 valence electrons. The molecular weight excluding hydrogens is 398 g/mol. The molecule has 2 heterocycles. The van der Waals surface area contributed by atoms with Crippen LogP contribution >= 0.6 is 0 Å². The standard InChI is InChI=1S/C22H27N5O4/c1-3-31-21(29)17-7-9-18(10-8-17)25-20(28)16(2)24-22(30)27-14-12-26(13-15-27)19-6-4-5-11-23-19/h4-11,16H,3,12-15H2,1-2H3,(H,24,30)(H,25,28)/t16-/m0/s1. The first kappa shape index (κ1) is 22.1. The molecule has 1 aliphatic heterocycles. The Balaban J connectivity index is 1.46. The number of nitrogens with one attached hydrogen (secondary N) is 2. The Morgan fingerprint density at radius 3 is 2.39 bits per heavy atom. The van der Waals surface area contributed by atoms with Gasteiger partial charge in [-0.15, -0.1) is 0 Å². The summed E-state index contributed by atoms with van der Waals surface area (Å²) in [5, 5.41) is 5.47. The Morgan fingerprint density at radius 2 is 1.77 bits per heavy atom. The van der Waals surface area contributed by atoms with Crippen LogP contribution in [0.4, 0.5) is 16.3 Å². The fourth-order valence-corrected chi connectivity index (χ4v) is 3.18. The van der Waals surface area contributed by atoms with Gasteiger partial charge < -0.3 is 25.2 Å². The number of anilines is 2. The fourth-order valence-electron chi connectivity index (χ4n) is 3.18. The number of piperazine rings is 1. The average molecular weight is 425 g/mol. The number of carbonyl (C=O) groups excluding carboxylic acids is 3. The number of pyridine rings is 1. The lowest BCUT2D eigenvalue weighted by Crippen LogP contribution is -2.54. The van der Waals surface area contributed by atoms with Crippen LogP contribution in [0.5, 0.6) is 0 Å². The smallest absolute Gasteiger partial charge is 0.338 e. The van der Waals surface area contributed by atoms with Gasteiger partial charge in [0.1, 0.15) is 11.9 Å². The number of hydrogen-bond donors (Lipinski definition) is 2. The molecule has 0 unspecified atom stereocenters. The minimum Gasteiger partial charge on any atom is -0.462 e. The zero-order valence-corrected chi connectivity index (χ0v) is 17.7. The van der Waals surface area contributed by atoms with Crippen molar-refractivity contribution in [1.82, 2.24) is 15.2 Å². The highest BCUT2D eigenvalue weighted by molar-refractivity contribution is 5.97. The summed E-state index contributed by atoms with van der Waals surface area (Å²) in [6.07, 6.45) is 1.75. The van der Waals surface area contributed by atoms with Crippen molar-refractivity contribution in [2.75, 3.05) is 43.0 Å². The number of aromatic nitrogens is 1. The van der Waals surface area contributed by atoms with E-state index in [4.69, 9.17) is 4.74 Å². The molecular formula is C22H27N5O4. The van der Waals surface area contributed by atoms with Crippen molar-refractivity contribution in [2.45, 2.75) is 19.9 Å². The molecule has 1 saturated heterocycles. The molecule has 1 aromatic carbocycles. The molecule has 1 aromatic heterocycles. The van der Waals surface area contributed by atoms with Gasteiger partial charge >= 0.3 is 12.0 Å². The summed E-state index contributed by atoms with van der Waals surface area (Å²) in [5.74, 6) is 0.137. The van der Waals surface area contributed by atoms with Gasteiger partial charge in [-0.25, -0.2) is 14.6 Å². The lowest BCUT2D eigenvalue weighted by Gasteiger charge is -2.35. The molecule has 3 rings (SSSR count). The molecule has 2 N–H and O–H groups in total. The van der Waals surface area contributed by atoms with Crippen molar-refractivity contribution in [2.24, 2.45) is 0 Å². The Bertz CT molecular complexity index is 896. The zero-order valence-electron chi connectivity index (χ0n) is 17.7. The number of amides is 3. The van der Waals surface area contributed by atoms with Gasteiger partial charge in [-0.2, -0.15) is 0 Å². The van der Waals surface area contributed by atoms with Crippen LogP contribution in [0.25, 0.3) is 0 Å². The van der Waals surface area contributed by atoms with E-state index in [1.807, 2.05) is 18.2 Å². The molecule has 0 saturated carbocycles. The van der Waals surface area contributed by atoms with E-state index >= 15 is 0 Å². The molecule has 1 atom stereocenters. The topological polar surface area (TPSA) is 104 Å². The Kier molecular flexibility index (Phi) is 7.42. The van der Waals surface area contributed by atoms with E-state index in [1.54, 1.807) is 49.2 Å². The summed E-state index contributed by atoms with van der Waals surface area (Å²) in [5.41, 5.74) is 0.939. The average Bonchev–Trinajstić information content (AvgIpc) is 2.80. The highest BCUT2D eigenvalue weighted by atomic mass is 16.5. The van der Waals surface area contributed by atoms with E-state index in [2.05, 4.69) is 20.5 Å². The third kappa shape index (κ3) is 5.94. The number of ether oxygens (including phenoxy) is 1. The third-order valence-corrected chi connectivity index (χ3v) is 4.94. The number of carbonyl (C=O) groups is 3. The Hall–Kier alpha value is -3.62. The molecule has 1 aliphatic rings. The summed E-state index contributed by atoms with van der Waals surface area (Å²) >= 11 is 0. The van der Waals surface area contributed by atoms with E-state index in [1.165, 1.54) is 0 Å². The fraction of sp³-hybridized carbons (Fsp3) is 0.364. The molecule has 9 heteroatoms. The number of urea groups is 1. The van der Waals surface area contributed by atoms with Crippen molar-refractivity contribution < 1.29 is 19.1 Å². The minimum absolute atomic E-state index is 0.277. The summed E-state index contributed by atoms with van der Waals surface area (Å²) < 4.78 is 4.94. The third-order valence-electron chi connectivity index (χ3n) is 4.94. The van der Waals surface area contributed by atoms with Crippen molar-refractivity contribution in [3.8, 4) is 0 Å². The van der Waals surface area contributed by atoms with Crippen molar-refractivity contribution in [3.05, 3.63) is 54.2 Å². The van der Waals surface area contributed by atoms with Gasteiger partial charge in [0.15, 0.2) is 0 Å². The number of hydrogen-bond acceptors (Lipinski definition) is 6. The Morgan fingerprint density at radius 1 is 1.06 bits per heavy atom. The van der Waals surface area contributed by atoms with Crippen LogP contribution in [0, 0.1) is 0 Å².